The van der Waals surface area contributed by atoms with E-state index >= 15 is 0 Å². The highest BCUT2D eigenvalue weighted by Gasteiger charge is 2.01. The van der Waals surface area contributed by atoms with E-state index in [9.17, 15) is 0 Å². The summed E-state index contributed by atoms with van der Waals surface area (Å²) in [4.78, 5) is 2.29. The molecule has 0 radical (unpaired) electrons. The minimum absolute atomic E-state index is 0.568. The number of hydrogen-bond acceptors (Lipinski definition) is 1. The van der Waals surface area contributed by atoms with Gasteiger partial charge in [-0.3, -0.25) is 4.90 Å². The molecule has 1 rings (SSSR count). The Kier molecular flexibility index (Phi) is 7.22. The molecule has 1 aromatic rings. The van der Waals surface area contributed by atoms with Gasteiger partial charge in [0.05, 0.1) is 6.54 Å². The number of nitrogens with zero attached hydrogens (tertiary/aromatic N) is 1. The predicted molar refractivity (Wildman–Crippen MR) is 75.0 cm³/mol. The number of allylic oxidation sites excluding steroid dienone is 1. The molecule has 0 aliphatic heterocycles. The molecule has 0 aliphatic rings. The summed E-state index contributed by atoms with van der Waals surface area (Å²) < 4.78 is 0. The summed E-state index contributed by atoms with van der Waals surface area (Å²) in [7, 11) is 0. The van der Waals surface area contributed by atoms with Gasteiger partial charge in [-0.25, -0.2) is 0 Å². The molecule has 2 heteroatoms. The van der Waals surface area contributed by atoms with Crippen molar-refractivity contribution < 1.29 is 0 Å². The summed E-state index contributed by atoms with van der Waals surface area (Å²) in [5.74, 6) is 6.61. The summed E-state index contributed by atoms with van der Waals surface area (Å²) in [5.41, 5.74) is 1.31. The fraction of sp³-hybridized carbons (Fsp3) is 0.333. The highest BCUT2D eigenvalue weighted by Crippen LogP contribution is 2.04. The maximum atomic E-state index is 5.62. The summed E-state index contributed by atoms with van der Waals surface area (Å²) in [6.07, 6.45) is 4.06. The zero-order valence-corrected chi connectivity index (χ0v) is 11.0. The third kappa shape index (κ3) is 6.16. The van der Waals surface area contributed by atoms with E-state index in [0.717, 1.165) is 19.6 Å². The second-order valence-electron chi connectivity index (χ2n) is 3.71. The zero-order valence-electron chi connectivity index (χ0n) is 10.2. The molecule has 0 aromatic heterocycles. The van der Waals surface area contributed by atoms with Crippen molar-refractivity contribution in [3.8, 4) is 11.8 Å². The number of hydrogen-bond donors (Lipinski definition) is 0. The second-order valence-corrected chi connectivity index (χ2v) is 4.02. The first-order valence-corrected chi connectivity index (χ1v) is 6.27. The largest absolute Gasteiger partial charge is 0.284 e. The Balaban J connectivity index is 2.55. The van der Waals surface area contributed by atoms with Crippen LogP contribution < -0.4 is 0 Å². The molecule has 0 N–H and O–H groups in total. The van der Waals surface area contributed by atoms with Crippen molar-refractivity contribution in [1.82, 2.24) is 4.90 Å². The van der Waals surface area contributed by atoms with Crippen LogP contribution in [-0.4, -0.2) is 23.9 Å². The van der Waals surface area contributed by atoms with Gasteiger partial charge in [-0.2, -0.15) is 0 Å². The number of alkyl halides is 1. The molecular weight excluding hydrogens is 230 g/mol. The van der Waals surface area contributed by atoms with Crippen molar-refractivity contribution in [2.45, 2.75) is 13.5 Å². The first-order chi connectivity index (χ1) is 8.36. The lowest BCUT2D eigenvalue weighted by molar-refractivity contribution is 0.332. The lowest BCUT2D eigenvalue weighted by atomic mass is 10.2. The Labute approximate surface area is 109 Å². The summed E-state index contributed by atoms with van der Waals surface area (Å²) in [6, 6.07) is 10.4. The molecule has 0 saturated carbocycles. The number of rotatable bonds is 6. The number of benzene rings is 1. The van der Waals surface area contributed by atoms with Crippen LogP contribution in [0.1, 0.15) is 12.5 Å². The Bertz CT molecular complexity index is 386. The van der Waals surface area contributed by atoms with E-state index in [1.807, 2.05) is 19.1 Å². The molecule has 1 aromatic carbocycles. The van der Waals surface area contributed by atoms with Crippen molar-refractivity contribution in [3.63, 3.8) is 0 Å². The molecule has 0 amide bonds. The molecule has 0 spiro atoms. The van der Waals surface area contributed by atoms with E-state index in [1.54, 1.807) is 0 Å². The first kappa shape index (κ1) is 13.8. The van der Waals surface area contributed by atoms with Crippen molar-refractivity contribution in [3.05, 3.63) is 48.0 Å². The normalized spacial score (nSPS) is 10.5. The van der Waals surface area contributed by atoms with Gasteiger partial charge in [0.1, 0.15) is 0 Å². The standard InChI is InChI=1S/C15H18ClN/c1-2-3-12-17(13-8-7-11-16)14-15-9-5-4-6-10-15/h4-10H,11-14H2,1H3/b8-7-. The molecular formula is C15H18ClN. The van der Waals surface area contributed by atoms with Crippen LogP contribution in [-0.2, 0) is 6.54 Å². The van der Waals surface area contributed by atoms with E-state index in [0.29, 0.717) is 5.88 Å². The monoisotopic (exact) mass is 247 g/mol. The average Bonchev–Trinajstić information content (AvgIpc) is 2.37. The average molecular weight is 248 g/mol. The van der Waals surface area contributed by atoms with Crippen LogP contribution in [0.5, 0.6) is 0 Å². The minimum atomic E-state index is 0.568. The van der Waals surface area contributed by atoms with Crippen molar-refractivity contribution in [2.24, 2.45) is 0 Å². The molecule has 0 atom stereocenters. The molecule has 90 valence electrons. The predicted octanol–water partition coefficient (Wildman–Crippen LogP) is 3.31. The molecule has 0 unspecified atom stereocenters. The van der Waals surface area contributed by atoms with E-state index in [1.165, 1.54) is 5.56 Å². The van der Waals surface area contributed by atoms with Crippen molar-refractivity contribution in [1.29, 1.82) is 0 Å². The SMILES string of the molecule is CC#CCN(C/C=C\CCl)Cc1ccccc1. The quantitative estimate of drug-likeness (QED) is 0.424. The van der Waals surface area contributed by atoms with E-state index < -0.39 is 0 Å². The lowest BCUT2D eigenvalue weighted by Gasteiger charge is -2.17. The molecule has 0 saturated heterocycles. The Morgan fingerprint density at radius 2 is 2.00 bits per heavy atom. The van der Waals surface area contributed by atoms with Crippen LogP contribution in [0, 0.1) is 11.8 Å². The van der Waals surface area contributed by atoms with E-state index in [4.69, 9.17) is 11.6 Å². The van der Waals surface area contributed by atoms with Crippen LogP contribution in [0.3, 0.4) is 0 Å². The maximum Gasteiger partial charge on any atom is 0.0607 e. The Morgan fingerprint density at radius 1 is 1.24 bits per heavy atom. The third-order valence-electron chi connectivity index (χ3n) is 2.35. The number of halogens is 1. The van der Waals surface area contributed by atoms with E-state index in [2.05, 4.69) is 47.1 Å². The molecule has 0 bridgehead atoms. The van der Waals surface area contributed by atoms with Gasteiger partial charge in [0.25, 0.3) is 0 Å². The minimum Gasteiger partial charge on any atom is -0.284 e. The second kappa shape index (κ2) is 8.87. The lowest BCUT2D eigenvalue weighted by Crippen LogP contribution is -2.23. The van der Waals surface area contributed by atoms with Crippen molar-refractivity contribution in [2.75, 3.05) is 19.0 Å². The van der Waals surface area contributed by atoms with E-state index in [-0.39, 0.29) is 0 Å². The topological polar surface area (TPSA) is 3.24 Å². The fourth-order valence-corrected chi connectivity index (χ4v) is 1.63. The van der Waals surface area contributed by atoms with Crippen molar-refractivity contribution >= 4 is 11.6 Å². The highest BCUT2D eigenvalue weighted by atomic mass is 35.5. The molecule has 0 heterocycles. The molecule has 0 aliphatic carbocycles. The highest BCUT2D eigenvalue weighted by molar-refractivity contribution is 6.18. The van der Waals surface area contributed by atoms with Gasteiger partial charge in [-0.1, -0.05) is 48.4 Å². The molecule has 1 nitrogen and oxygen atoms in total. The summed E-state index contributed by atoms with van der Waals surface area (Å²) >= 11 is 5.62. The summed E-state index contributed by atoms with van der Waals surface area (Å²) in [6.45, 7) is 4.46. The van der Waals surface area contributed by atoms with Crippen LogP contribution in [0.4, 0.5) is 0 Å². The van der Waals surface area contributed by atoms with Gasteiger partial charge in [0, 0.05) is 19.0 Å². The van der Waals surface area contributed by atoms with Crippen LogP contribution in [0.2, 0.25) is 0 Å². The van der Waals surface area contributed by atoms with Gasteiger partial charge in [0.2, 0.25) is 0 Å². The third-order valence-corrected chi connectivity index (χ3v) is 2.53. The van der Waals surface area contributed by atoms with Crippen LogP contribution in [0.25, 0.3) is 0 Å². The Hall–Kier alpha value is -1.23. The van der Waals surface area contributed by atoms with Gasteiger partial charge in [-0.05, 0) is 12.5 Å². The zero-order chi connectivity index (χ0) is 12.3. The molecule has 17 heavy (non-hydrogen) atoms. The molecule has 0 fully saturated rings. The van der Waals surface area contributed by atoms with Gasteiger partial charge < -0.3 is 0 Å². The maximum absolute atomic E-state index is 5.62. The van der Waals surface area contributed by atoms with Gasteiger partial charge in [-0.15, -0.1) is 17.5 Å². The van der Waals surface area contributed by atoms with Gasteiger partial charge in [0.15, 0.2) is 0 Å². The first-order valence-electron chi connectivity index (χ1n) is 5.73. The van der Waals surface area contributed by atoms with Crippen LogP contribution in [0.15, 0.2) is 42.5 Å². The fourth-order valence-electron chi connectivity index (χ4n) is 1.50. The van der Waals surface area contributed by atoms with Crippen LogP contribution >= 0.6 is 11.6 Å². The smallest absolute Gasteiger partial charge is 0.0607 e. The summed E-state index contributed by atoms with van der Waals surface area (Å²) in [5, 5.41) is 0. The van der Waals surface area contributed by atoms with Gasteiger partial charge >= 0.3 is 0 Å². The Morgan fingerprint density at radius 3 is 2.65 bits per heavy atom.